The highest BCUT2D eigenvalue weighted by atomic mass is 35.5. The zero-order chi connectivity index (χ0) is 20.9. The number of ether oxygens (including phenoxy) is 1. The average Bonchev–Trinajstić information content (AvgIpc) is 3.06. The molecule has 0 amide bonds. The predicted molar refractivity (Wildman–Crippen MR) is 110 cm³/mol. The molecule has 2 heterocycles. The Bertz CT molecular complexity index is 798. The van der Waals surface area contributed by atoms with E-state index in [-0.39, 0.29) is 24.2 Å². The van der Waals surface area contributed by atoms with Gasteiger partial charge >= 0.3 is 5.97 Å². The van der Waals surface area contributed by atoms with Crippen LogP contribution in [-0.4, -0.2) is 50.2 Å². The first kappa shape index (κ1) is 22.7. The summed E-state index contributed by atoms with van der Waals surface area (Å²) in [6, 6.07) is -0.110. The number of hydrogen-bond acceptors (Lipinski definition) is 7. The van der Waals surface area contributed by atoms with Crippen LogP contribution in [0.5, 0.6) is 0 Å². The van der Waals surface area contributed by atoms with Crippen LogP contribution in [0.4, 0.5) is 5.69 Å². The van der Waals surface area contributed by atoms with Crippen LogP contribution in [0.2, 0.25) is 5.02 Å². The molecule has 3 N–H and O–H groups in total. The number of carboxylic acids is 1. The molecule has 0 saturated carbocycles. The summed E-state index contributed by atoms with van der Waals surface area (Å²) in [5.74, 6) is -0.949. The van der Waals surface area contributed by atoms with Crippen LogP contribution < -0.4 is 10.9 Å². The van der Waals surface area contributed by atoms with Crippen LogP contribution in [0, 0.1) is 0 Å². The molecule has 0 bridgehead atoms. The van der Waals surface area contributed by atoms with Gasteiger partial charge in [0.25, 0.3) is 5.56 Å². The summed E-state index contributed by atoms with van der Waals surface area (Å²) in [6.45, 7) is 5.79. The minimum atomic E-state index is -0.949. The number of rotatable bonds is 10. The summed E-state index contributed by atoms with van der Waals surface area (Å²) in [5, 5.41) is 28.0. The van der Waals surface area contributed by atoms with Crippen molar-refractivity contribution < 1.29 is 19.7 Å². The number of aliphatic hydroxyl groups excluding tert-OH is 1. The Morgan fingerprint density at radius 1 is 1.54 bits per heavy atom. The molecule has 0 saturated heterocycles. The van der Waals surface area contributed by atoms with Crippen LogP contribution >= 0.6 is 23.4 Å². The molecule has 10 heteroatoms. The smallest absolute Gasteiger partial charge is 0.332 e. The number of carboxylic acid groups (broad SMARTS) is 1. The van der Waals surface area contributed by atoms with Gasteiger partial charge in [0.1, 0.15) is 9.96 Å². The van der Waals surface area contributed by atoms with Gasteiger partial charge in [-0.05, 0) is 25.7 Å². The number of anilines is 1. The van der Waals surface area contributed by atoms with E-state index < -0.39 is 22.6 Å². The van der Waals surface area contributed by atoms with Crippen molar-refractivity contribution in [2.75, 3.05) is 18.5 Å². The second kappa shape index (κ2) is 9.78. The zero-order valence-electron chi connectivity index (χ0n) is 16.1. The Morgan fingerprint density at radius 3 is 2.82 bits per heavy atom. The first-order valence-electron chi connectivity index (χ1n) is 9.12. The normalized spacial score (nSPS) is 20.3. The van der Waals surface area contributed by atoms with Crippen LogP contribution in [0.3, 0.4) is 0 Å². The molecule has 1 aromatic heterocycles. The van der Waals surface area contributed by atoms with Crippen molar-refractivity contribution in [1.29, 1.82) is 0 Å². The summed E-state index contributed by atoms with van der Waals surface area (Å²) in [4.78, 5) is 22.7. The van der Waals surface area contributed by atoms with E-state index in [0.29, 0.717) is 24.1 Å². The molecule has 0 aromatic carbocycles. The highest BCUT2D eigenvalue weighted by molar-refractivity contribution is 8.03. The molecule has 1 aromatic rings. The molecule has 0 spiro atoms. The quantitative estimate of drug-likeness (QED) is 0.518. The minimum Gasteiger partial charge on any atom is -0.478 e. The molecule has 0 fully saturated rings. The van der Waals surface area contributed by atoms with E-state index in [9.17, 15) is 14.7 Å². The van der Waals surface area contributed by atoms with Gasteiger partial charge in [0.2, 0.25) is 0 Å². The first-order chi connectivity index (χ1) is 13.2. The molecule has 156 valence electrons. The van der Waals surface area contributed by atoms with Crippen molar-refractivity contribution in [3.05, 3.63) is 32.6 Å². The van der Waals surface area contributed by atoms with Crippen molar-refractivity contribution in [3.63, 3.8) is 0 Å². The maximum absolute atomic E-state index is 12.2. The lowest BCUT2D eigenvalue weighted by molar-refractivity contribution is -0.133. The number of aliphatic hydroxyl groups is 1. The van der Waals surface area contributed by atoms with Gasteiger partial charge in [-0.15, -0.1) is 0 Å². The fourth-order valence-electron chi connectivity index (χ4n) is 2.83. The van der Waals surface area contributed by atoms with Gasteiger partial charge in [0.05, 0.1) is 30.6 Å². The molecule has 1 aliphatic heterocycles. The van der Waals surface area contributed by atoms with Gasteiger partial charge in [-0.1, -0.05) is 36.7 Å². The Balaban J connectivity index is 1.92. The second-order valence-corrected chi connectivity index (χ2v) is 8.56. The molecule has 2 rings (SSSR count). The molecule has 2 atom stereocenters. The van der Waals surface area contributed by atoms with E-state index in [0.717, 1.165) is 6.42 Å². The Hall–Kier alpha value is -1.55. The summed E-state index contributed by atoms with van der Waals surface area (Å²) < 4.78 is 7.19. The number of halogens is 1. The van der Waals surface area contributed by atoms with Gasteiger partial charge < -0.3 is 20.3 Å². The average molecular weight is 432 g/mol. The summed E-state index contributed by atoms with van der Waals surface area (Å²) in [7, 11) is 0. The topological polar surface area (TPSA) is 114 Å². The third-order valence-corrected chi connectivity index (χ3v) is 5.94. The number of carbonyl (C=O) groups is 1. The van der Waals surface area contributed by atoms with E-state index in [1.54, 1.807) is 5.41 Å². The lowest BCUT2D eigenvalue weighted by Crippen LogP contribution is -2.34. The molecule has 8 nitrogen and oxygen atoms in total. The maximum Gasteiger partial charge on any atom is 0.332 e. The predicted octanol–water partition coefficient (Wildman–Crippen LogP) is 2.87. The number of aromatic nitrogens is 2. The number of nitrogens with one attached hydrogen (secondary N) is 1. The van der Waals surface area contributed by atoms with Crippen LogP contribution in [0.15, 0.2) is 22.0 Å². The SMILES string of the molecule is CCCC1(OCC(O)CNc2cnn(C(C)C)c(=O)c2Cl)CC(C(=O)O)=CS1. The molecule has 2 unspecified atom stereocenters. The lowest BCUT2D eigenvalue weighted by Gasteiger charge is -2.29. The van der Waals surface area contributed by atoms with E-state index in [2.05, 4.69) is 10.4 Å². The van der Waals surface area contributed by atoms with Gasteiger partial charge in [-0.3, -0.25) is 4.79 Å². The maximum atomic E-state index is 12.2. The fourth-order valence-corrected chi connectivity index (χ4v) is 4.27. The van der Waals surface area contributed by atoms with Crippen molar-refractivity contribution in [2.45, 2.75) is 57.1 Å². The third-order valence-electron chi connectivity index (χ3n) is 4.28. The van der Waals surface area contributed by atoms with Gasteiger partial charge in [-0.2, -0.15) is 5.10 Å². The molecule has 0 aliphatic carbocycles. The molecular formula is C18H26ClN3O5S. The monoisotopic (exact) mass is 431 g/mol. The lowest BCUT2D eigenvalue weighted by atomic mass is 10.1. The molecule has 1 aliphatic rings. The van der Waals surface area contributed by atoms with Crippen molar-refractivity contribution >= 4 is 35.0 Å². The molecular weight excluding hydrogens is 406 g/mol. The van der Waals surface area contributed by atoms with E-state index in [1.165, 1.54) is 22.6 Å². The summed E-state index contributed by atoms with van der Waals surface area (Å²) >= 11 is 7.45. The van der Waals surface area contributed by atoms with Crippen LogP contribution in [0.25, 0.3) is 0 Å². The summed E-state index contributed by atoms with van der Waals surface area (Å²) in [5.41, 5.74) is 0.259. The Morgan fingerprint density at radius 2 is 2.25 bits per heavy atom. The van der Waals surface area contributed by atoms with Crippen molar-refractivity contribution in [1.82, 2.24) is 9.78 Å². The first-order valence-corrected chi connectivity index (χ1v) is 10.4. The highest BCUT2D eigenvalue weighted by Gasteiger charge is 2.38. The highest BCUT2D eigenvalue weighted by Crippen LogP contribution is 2.45. The van der Waals surface area contributed by atoms with E-state index >= 15 is 0 Å². The van der Waals surface area contributed by atoms with Crippen LogP contribution in [-0.2, 0) is 9.53 Å². The zero-order valence-corrected chi connectivity index (χ0v) is 17.7. The Kier molecular flexibility index (Phi) is 7.94. The minimum absolute atomic E-state index is 0.0147. The molecule has 28 heavy (non-hydrogen) atoms. The number of aliphatic carboxylic acids is 1. The van der Waals surface area contributed by atoms with E-state index in [4.69, 9.17) is 21.4 Å². The van der Waals surface area contributed by atoms with Crippen molar-refractivity contribution in [2.24, 2.45) is 0 Å². The van der Waals surface area contributed by atoms with Gasteiger partial charge in [-0.25, -0.2) is 9.48 Å². The number of hydrogen-bond donors (Lipinski definition) is 3. The standard InChI is InChI=1S/C18H26ClN3O5S/c1-4-5-18(6-12(10-28-18)17(25)26)27-9-13(23)7-20-14-8-21-22(11(2)3)16(24)15(14)19/h8,10-11,13,20,23H,4-7,9H2,1-3H3,(H,25,26). The van der Waals surface area contributed by atoms with Gasteiger partial charge in [0.15, 0.2) is 0 Å². The Labute approximate surface area is 172 Å². The van der Waals surface area contributed by atoms with Crippen molar-refractivity contribution in [3.8, 4) is 0 Å². The third kappa shape index (κ3) is 5.50. The molecule has 0 radical (unpaired) electrons. The van der Waals surface area contributed by atoms with E-state index in [1.807, 2.05) is 20.8 Å². The van der Waals surface area contributed by atoms with Crippen LogP contribution in [0.1, 0.15) is 46.1 Å². The van der Waals surface area contributed by atoms with Gasteiger partial charge in [0, 0.05) is 18.5 Å². The number of nitrogens with zero attached hydrogens (tertiary/aromatic N) is 2. The second-order valence-electron chi connectivity index (χ2n) is 6.96. The summed E-state index contributed by atoms with van der Waals surface area (Å²) in [6.07, 6.45) is 2.38. The number of thioether (sulfide) groups is 1. The largest absolute Gasteiger partial charge is 0.478 e. The fraction of sp³-hybridized carbons (Fsp3) is 0.611.